The highest BCUT2D eigenvalue weighted by molar-refractivity contribution is 7.89. The molecule has 8 heteroatoms. The second-order valence-corrected chi connectivity index (χ2v) is 6.87. The number of pyridine rings is 1. The number of rotatable bonds is 6. The fourth-order valence-electron chi connectivity index (χ4n) is 2.58. The normalized spacial score (nSPS) is 17.8. The second-order valence-electron chi connectivity index (χ2n) is 5.24. The van der Waals surface area contributed by atoms with E-state index in [9.17, 15) is 8.42 Å². The minimum atomic E-state index is -3.65. The Morgan fingerprint density at radius 3 is 2.76 bits per heavy atom. The predicted octanol–water partition coefficient (Wildman–Crippen LogP) is 0.520. The van der Waals surface area contributed by atoms with Crippen LogP contribution in [0.2, 0.25) is 0 Å². The van der Waals surface area contributed by atoms with E-state index < -0.39 is 10.0 Å². The number of piperidine rings is 1. The highest BCUT2D eigenvalue weighted by atomic mass is 32.2. The molecule has 0 radical (unpaired) electrons. The van der Waals surface area contributed by atoms with Crippen LogP contribution in [-0.2, 0) is 10.0 Å². The summed E-state index contributed by atoms with van der Waals surface area (Å²) >= 11 is 0. The summed E-state index contributed by atoms with van der Waals surface area (Å²) in [6.07, 6.45) is 4.20. The lowest BCUT2D eigenvalue weighted by molar-refractivity contribution is 0.208. The number of nitrogens with one attached hydrogen (secondary N) is 2. The van der Waals surface area contributed by atoms with Crippen LogP contribution in [0.1, 0.15) is 26.2 Å². The van der Waals surface area contributed by atoms with Crippen molar-refractivity contribution in [2.45, 2.75) is 37.3 Å². The van der Waals surface area contributed by atoms with Gasteiger partial charge in [-0.25, -0.2) is 18.1 Å². The zero-order chi connectivity index (χ0) is 15.3. The van der Waals surface area contributed by atoms with Gasteiger partial charge in [-0.15, -0.1) is 0 Å². The molecule has 7 nitrogen and oxygen atoms in total. The van der Waals surface area contributed by atoms with Crippen molar-refractivity contribution < 1.29 is 8.42 Å². The summed E-state index contributed by atoms with van der Waals surface area (Å²) in [7, 11) is -3.65. The molecule has 1 saturated heterocycles. The van der Waals surface area contributed by atoms with Gasteiger partial charge in [-0.3, -0.25) is 5.84 Å². The number of nitrogens with zero attached hydrogens (tertiary/aromatic N) is 2. The molecule has 2 rings (SSSR count). The molecule has 0 unspecified atom stereocenters. The number of nitrogens with two attached hydrogens (primary N) is 1. The maximum Gasteiger partial charge on any atom is 0.260 e. The van der Waals surface area contributed by atoms with Gasteiger partial charge in [0.25, 0.3) is 10.0 Å². The molecule has 0 saturated carbocycles. The molecule has 0 aromatic carbocycles. The van der Waals surface area contributed by atoms with Gasteiger partial charge in [0.15, 0.2) is 5.03 Å². The topological polar surface area (TPSA) is 100 Å². The zero-order valence-electron chi connectivity index (χ0n) is 12.2. The van der Waals surface area contributed by atoms with Crippen LogP contribution in [0.15, 0.2) is 23.4 Å². The Morgan fingerprint density at radius 1 is 1.43 bits per heavy atom. The van der Waals surface area contributed by atoms with Gasteiger partial charge in [0.2, 0.25) is 0 Å². The molecule has 4 N–H and O–H groups in total. The van der Waals surface area contributed by atoms with Crippen molar-refractivity contribution >= 4 is 15.7 Å². The maximum absolute atomic E-state index is 12.4. The van der Waals surface area contributed by atoms with Gasteiger partial charge in [-0.1, -0.05) is 6.92 Å². The Balaban J connectivity index is 2.02. The third kappa shape index (κ3) is 4.13. The van der Waals surface area contributed by atoms with Crippen LogP contribution < -0.4 is 16.0 Å². The van der Waals surface area contributed by atoms with Crippen LogP contribution >= 0.6 is 0 Å². The molecule has 2 heterocycles. The van der Waals surface area contributed by atoms with Gasteiger partial charge in [0.1, 0.15) is 0 Å². The third-order valence-corrected chi connectivity index (χ3v) is 5.11. The number of likely N-dealkylation sites (tertiary alicyclic amines) is 1. The van der Waals surface area contributed by atoms with Gasteiger partial charge in [0.05, 0.1) is 5.69 Å². The largest absolute Gasteiger partial charge is 0.321 e. The second kappa shape index (κ2) is 7.17. The van der Waals surface area contributed by atoms with Crippen LogP contribution in [0.4, 0.5) is 5.69 Å². The number of aromatic nitrogens is 1. The summed E-state index contributed by atoms with van der Waals surface area (Å²) in [6.45, 7) is 5.06. The first-order valence-corrected chi connectivity index (χ1v) is 8.71. The van der Waals surface area contributed by atoms with Crippen molar-refractivity contribution in [3.05, 3.63) is 18.3 Å². The maximum atomic E-state index is 12.4. The van der Waals surface area contributed by atoms with Crippen molar-refractivity contribution in [2.75, 3.05) is 25.1 Å². The first-order valence-electron chi connectivity index (χ1n) is 7.23. The van der Waals surface area contributed by atoms with Crippen LogP contribution in [-0.4, -0.2) is 44.0 Å². The summed E-state index contributed by atoms with van der Waals surface area (Å²) in [6, 6.07) is 3.18. The molecule has 0 atom stereocenters. The molecule has 1 aromatic heterocycles. The Labute approximate surface area is 125 Å². The molecule has 118 valence electrons. The molecule has 21 heavy (non-hydrogen) atoms. The predicted molar refractivity (Wildman–Crippen MR) is 82.1 cm³/mol. The molecule has 1 fully saturated rings. The first-order chi connectivity index (χ1) is 10.1. The van der Waals surface area contributed by atoms with E-state index in [2.05, 4.69) is 27.0 Å². The van der Waals surface area contributed by atoms with E-state index in [1.54, 1.807) is 12.1 Å². The van der Waals surface area contributed by atoms with Crippen molar-refractivity contribution in [3.8, 4) is 0 Å². The molecule has 1 aliphatic heterocycles. The van der Waals surface area contributed by atoms with E-state index in [1.165, 1.54) is 6.20 Å². The smallest absolute Gasteiger partial charge is 0.260 e. The molecule has 0 aliphatic carbocycles. The van der Waals surface area contributed by atoms with Crippen molar-refractivity contribution in [1.82, 2.24) is 14.6 Å². The Bertz CT molecular complexity index is 555. The van der Waals surface area contributed by atoms with E-state index in [0.717, 1.165) is 38.9 Å². The fourth-order valence-corrected chi connectivity index (χ4v) is 3.98. The lowest BCUT2D eigenvalue weighted by Crippen LogP contribution is -2.45. The number of hydrogen-bond acceptors (Lipinski definition) is 6. The quantitative estimate of drug-likeness (QED) is 0.523. The van der Waals surface area contributed by atoms with Gasteiger partial charge >= 0.3 is 0 Å². The van der Waals surface area contributed by atoms with Gasteiger partial charge in [-0.05, 0) is 51.0 Å². The molecule has 0 bridgehead atoms. The Morgan fingerprint density at radius 2 is 2.14 bits per heavy atom. The van der Waals surface area contributed by atoms with Crippen LogP contribution in [0.3, 0.4) is 0 Å². The summed E-state index contributed by atoms with van der Waals surface area (Å²) in [5, 5.41) is -0.0523. The van der Waals surface area contributed by atoms with Crippen molar-refractivity contribution in [3.63, 3.8) is 0 Å². The summed E-state index contributed by atoms with van der Waals surface area (Å²) in [5.41, 5.74) is 2.67. The minimum Gasteiger partial charge on any atom is -0.321 e. The molecule has 1 aliphatic rings. The lowest BCUT2D eigenvalue weighted by atomic mass is 10.1. The van der Waals surface area contributed by atoms with Gasteiger partial charge < -0.3 is 10.3 Å². The van der Waals surface area contributed by atoms with Crippen molar-refractivity contribution in [1.29, 1.82) is 0 Å². The van der Waals surface area contributed by atoms with E-state index in [1.807, 2.05) is 0 Å². The summed E-state index contributed by atoms with van der Waals surface area (Å²) < 4.78 is 27.5. The average Bonchev–Trinajstić information content (AvgIpc) is 2.49. The summed E-state index contributed by atoms with van der Waals surface area (Å²) in [5.74, 6) is 5.34. The fraction of sp³-hybridized carbons (Fsp3) is 0.615. The lowest BCUT2D eigenvalue weighted by Gasteiger charge is -2.31. The van der Waals surface area contributed by atoms with Gasteiger partial charge in [-0.2, -0.15) is 0 Å². The van der Waals surface area contributed by atoms with E-state index in [-0.39, 0.29) is 11.1 Å². The van der Waals surface area contributed by atoms with E-state index in [4.69, 9.17) is 5.84 Å². The molecule has 0 spiro atoms. The molecule has 0 amide bonds. The van der Waals surface area contributed by atoms with Crippen LogP contribution in [0.5, 0.6) is 0 Å². The van der Waals surface area contributed by atoms with E-state index in [0.29, 0.717) is 5.69 Å². The average molecular weight is 313 g/mol. The number of hydrogen-bond donors (Lipinski definition) is 3. The first kappa shape index (κ1) is 16.2. The standard InChI is InChI=1S/C13H23N5O2S/c1-2-8-18-9-5-11(6-10-18)17-21(19,20)13-12(16-14)4-3-7-15-13/h3-4,7,11,16-17H,2,5-6,8-10,14H2,1H3. The van der Waals surface area contributed by atoms with Gasteiger partial charge in [0, 0.05) is 12.2 Å². The molecular formula is C13H23N5O2S. The zero-order valence-corrected chi connectivity index (χ0v) is 13.1. The highest BCUT2D eigenvalue weighted by Crippen LogP contribution is 2.19. The highest BCUT2D eigenvalue weighted by Gasteiger charge is 2.26. The Kier molecular flexibility index (Phi) is 5.51. The number of anilines is 1. The SMILES string of the molecule is CCCN1CCC(NS(=O)(=O)c2ncccc2NN)CC1. The van der Waals surface area contributed by atoms with E-state index >= 15 is 0 Å². The number of nitrogen functional groups attached to an aromatic ring is 1. The summed E-state index contributed by atoms with van der Waals surface area (Å²) in [4.78, 5) is 6.29. The molecule has 1 aromatic rings. The van der Waals surface area contributed by atoms with Crippen LogP contribution in [0, 0.1) is 0 Å². The number of sulfonamides is 1. The Hall–Kier alpha value is -1.22. The van der Waals surface area contributed by atoms with Crippen molar-refractivity contribution in [2.24, 2.45) is 5.84 Å². The van der Waals surface area contributed by atoms with Crippen LogP contribution in [0.25, 0.3) is 0 Å². The molecular weight excluding hydrogens is 290 g/mol. The third-order valence-electron chi connectivity index (χ3n) is 3.63. The number of hydrazine groups is 1. The minimum absolute atomic E-state index is 0.0456. The monoisotopic (exact) mass is 313 g/mol.